The summed E-state index contributed by atoms with van der Waals surface area (Å²) in [5, 5.41) is 9.64. The Kier molecular flexibility index (Phi) is 3.06. The minimum absolute atomic E-state index is 0.214. The zero-order chi connectivity index (χ0) is 14.6. The third-order valence-electron chi connectivity index (χ3n) is 6.97. The summed E-state index contributed by atoms with van der Waals surface area (Å²) < 4.78 is 0. The van der Waals surface area contributed by atoms with Crippen molar-refractivity contribution >= 4 is 5.97 Å². The van der Waals surface area contributed by atoms with E-state index in [1.807, 2.05) is 0 Å². The summed E-state index contributed by atoms with van der Waals surface area (Å²) in [6.45, 7) is 2.49. The van der Waals surface area contributed by atoms with Crippen molar-refractivity contribution in [3.8, 4) is 0 Å². The Morgan fingerprint density at radius 3 is 2.90 bits per heavy atom. The average Bonchev–Trinajstić information content (AvgIpc) is 2.88. The average molecular weight is 286 g/mol. The first kappa shape index (κ1) is 13.6. The quantitative estimate of drug-likeness (QED) is 0.757. The third-order valence-corrected chi connectivity index (χ3v) is 6.97. The maximum absolute atomic E-state index is 11.7. The van der Waals surface area contributed by atoms with Crippen molar-refractivity contribution < 1.29 is 9.90 Å². The number of carbonyl (C=O) groups is 1. The van der Waals surface area contributed by atoms with Crippen LogP contribution < -0.4 is 0 Å². The number of rotatable bonds is 1. The van der Waals surface area contributed by atoms with Gasteiger partial charge in [0.25, 0.3) is 0 Å². The molecule has 0 saturated heterocycles. The minimum atomic E-state index is -0.594. The van der Waals surface area contributed by atoms with Gasteiger partial charge in [0, 0.05) is 0 Å². The first-order chi connectivity index (χ1) is 10.1. The van der Waals surface area contributed by atoms with Crippen LogP contribution in [0.15, 0.2) is 22.8 Å². The molecule has 0 radical (unpaired) electrons. The van der Waals surface area contributed by atoms with Crippen molar-refractivity contribution in [3.63, 3.8) is 0 Å². The molecular formula is C19H26O2. The summed E-state index contributed by atoms with van der Waals surface area (Å²) in [5.41, 5.74) is 4.77. The molecule has 0 spiro atoms. The van der Waals surface area contributed by atoms with Crippen LogP contribution in [0, 0.1) is 23.2 Å². The number of allylic oxidation sites excluding steroid dienone is 3. The van der Waals surface area contributed by atoms with Gasteiger partial charge >= 0.3 is 5.97 Å². The van der Waals surface area contributed by atoms with Crippen LogP contribution in [0.3, 0.4) is 0 Å². The summed E-state index contributed by atoms with van der Waals surface area (Å²) >= 11 is 0. The van der Waals surface area contributed by atoms with E-state index >= 15 is 0 Å². The molecule has 4 aliphatic rings. The highest BCUT2D eigenvalue weighted by Gasteiger charge is 2.49. The second-order valence-electron chi connectivity index (χ2n) is 7.93. The molecule has 1 unspecified atom stereocenters. The lowest BCUT2D eigenvalue weighted by molar-refractivity contribution is -0.140. The molecule has 21 heavy (non-hydrogen) atoms. The summed E-state index contributed by atoms with van der Waals surface area (Å²) in [5.74, 6) is 0.710. The Hall–Kier alpha value is -1.05. The van der Waals surface area contributed by atoms with Gasteiger partial charge in [-0.25, -0.2) is 0 Å². The van der Waals surface area contributed by atoms with Crippen molar-refractivity contribution in [3.05, 3.63) is 22.8 Å². The second kappa shape index (κ2) is 4.72. The molecule has 2 heteroatoms. The first-order valence-corrected chi connectivity index (χ1v) is 8.75. The van der Waals surface area contributed by atoms with Gasteiger partial charge in [-0.3, -0.25) is 4.79 Å². The predicted molar refractivity (Wildman–Crippen MR) is 82.9 cm³/mol. The normalized spacial score (nSPS) is 42.0. The molecule has 4 aliphatic carbocycles. The van der Waals surface area contributed by atoms with Crippen LogP contribution in [-0.2, 0) is 4.79 Å². The fourth-order valence-electron chi connectivity index (χ4n) is 5.94. The van der Waals surface area contributed by atoms with Gasteiger partial charge in [-0.2, -0.15) is 0 Å². The highest BCUT2D eigenvalue weighted by atomic mass is 16.4. The van der Waals surface area contributed by atoms with Gasteiger partial charge in [-0.15, -0.1) is 0 Å². The molecule has 0 aromatic carbocycles. The molecule has 4 rings (SSSR count). The fraction of sp³-hybridized carbons (Fsp3) is 0.737. The molecule has 0 aromatic rings. The van der Waals surface area contributed by atoms with Gasteiger partial charge in [-0.05, 0) is 79.8 Å². The number of carboxylic acids is 1. The maximum atomic E-state index is 11.7. The maximum Gasteiger partial charge on any atom is 0.310 e. The van der Waals surface area contributed by atoms with Crippen LogP contribution in [-0.4, -0.2) is 11.1 Å². The second-order valence-corrected chi connectivity index (χ2v) is 7.93. The Balaban J connectivity index is 1.79. The van der Waals surface area contributed by atoms with E-state index in [1.54, 1.807) is 5.57 Å². The number of carboxylic acid groups (broad SMARTS) is 1. The lowest BCUT2D eigenvalue weighted by Gasteiger charge is -2.48. The van der Waals surface area contributed by atoms with E-state index in [2.05, 4.69) is 13.0 Å². The topological polar surface area (TPSA) is 37.3 Å². The van der Waals surface area contributed by atoms with Crippen LogP contribution >= 0.6 is 0 Å². The van der Waals surface area contributed by atoms with E-state index in [4.69, 9.17) is 0 Å². The Labute approximate surface area is 127 Å². The molecule has 4 atom stereocenters. The Morgan fingerprint density at radius 1 is 1.24 bits per heavy atom. The summed E-state index contributed by atoms with van der Waals surface area (Å²) in [7, 11) is 0. The van der Waals surface area contributed by atoms with Crippen LogP contribution in [0.4, 0.5) is 0 Å². The number of fused-ring (bicyclic) bond motifs is 4. The van der Waals surface area contributed by atoms with Crippen LogP contribution in [0.25, 0.3) is 0 Å². The first-order valence-electron chi connectivity index (χ1n) is 8.75. The van der Waals surface area contributed by atoms with E-state index < -0.39 is 5.97 Å². The van der Waals surface area contributed by atoms with Gasteiger partial charge in [0.05, 0.1) is 5.92 Å². The number of hydrogen-bond donors (Lipinski definition) is 1. The fourth-order valence-corrected chi connectivity index (χ4v) is 5.94. The minimum Gasteiger partial charge on any atom is -0.481 e. The molecule has 2 nitrogen and oxygen atoms in total. The monoisotopic (exact) mass is 286 g/mol. The van der Waals surface area contributed by atoms with Crippen LogP contribution in [0.2, 0.25) is 0 Å². The molecule has 0 aromatic heterocycles. The smallest absolute Gasteiger partial charge is 0.310 e. The van der Waals surface area contributed by atoms with Gasteiger partial charge in [-0.1, -0.05) is 25.0 Å². The number of aliphatic carboxylic acids is 1. The molecule has 0 heterocycles. The van der Waals surface area contributed by atoms with Crippen LogP contribution in [0.5, 0.6) is 0 Å². The van der Waals surface area contributed by atoms with Crippen molar-refractivity contribution in [2.45, 2.75) is 64.7 Å². The van der Waals surface area contributed by atoms with E-state index in [0.717, 1.165) is 31.6 Å². The predicted octanol–water partition coefficient (Wildman–Crippen LogP) is 4.71. The van der Waals surface area contributed by atoms with E-state index in [9.17, 15) is 9.90 Å². The molecule has 2 saturated carbocycles. The molecule has 0 aliphatic heterocycles. The highest BCUT2D eigenvalue weighted by molar-refractivity contribution is 5.76. The zero-order valence-corrected chi connectivity index (χ0v) is 13.0. The van der Waals surface area contributed by atoms with Crippen molar-refractivity contribution in [1.29, 1.82) is 0 Å². The Morgan fingerprint density at radius 2 is 2.10 bits per heavy atom. The SMILES string of the molecule is C[C@@]12CCC[C@H]1[C@@H]1CCC3=CCCC(C(=O)O)C3=C1CC2. The lowest BCUT2D eigenvalue weighted by Crippen LogP contribution is -2.38. The van der Waals surface area contributed by atoms with Crippen molar-refractivity contribution in [1.82, 2.24) is 0 Å². The van der Waals surface area contributed by atoms with Gasteiger partial charge in [0.2, 0.25) is 0 Å². The largest absolute Gasteiger partial charge is 0.481 e. The summed E-state index contributed by atoms with van der Waals surface area (Å²) in [4.78, 5) is 11.7. The standard InChI is InChI=1S/C19H26O2/c1-19-10-3-6-16(19)13-8-7-12-4-2-5-15(18(20)21)17(12)14(13)9-11-19/h4,13,15-16H,2-3,5-11H2,1H3,(H,20,21)/t13-,15?,16+,19+/m1/s1. The van der Waals surface area contributed by atoms with E-state index in [0.29, 0.717) is 11.3 Å². The van der Waals surface area contributed by atoms with Gasteiger partial charge < -0.3 is 5.11 Å². The summed E-state index contributed by atoms with van der Waals surface area (Å²) in [6, 6.07) is 0. The number of hydrogen-bond acceptors (Lipinski definition) is 1. The molecular weight excluding hydrogens is 260 g/mol. The summed E-state index contributed by atoms with van der Waals surface area (Å²) in [6.07, 6.45) is 13.1. The molecule has 0 amide bonds. The lowest BCUT2D eigenvalue weighted by atomic mass is 9.57. The molecule has 0 bridgehead atoms. The van der Waals surface area contributed by atoms with Crippen molar-refractivity contribution in [2.24, 2.45) is 23.2 Å². The van der Waals surface area contributed by atoms with Crippen LogP contribution in [0.1, 0.15) is 64.7 Å². The zero-order valence-electron chi connectivity index (χ0n) is 13.0. The molecule has 114 valence electrons. The van der Waals surface area contributed by atoms with E-state index in [1.165, 1.54) is 43.3 Å². The highest BCUT2D eigenvalue weighted by Crippen LogP contribution is 2.60. The molecule has 1 N–H and O–H groups in total. The van der Waals surface area contributed by atoms with Gasteiger partial charge in [0.15, 0.2) is 0 Å². The van der Waals surface area contributed by atoms with Gasteiger partial charge in [0.1, 0.15) is 0 Å². The third kappa shape index (κ3) is 1.94. The van der Waals surface area contributed by atoms with E-state index in [-0.39, 0.29) is 5.92 Å². The van der Waals surface area contributed by atoms with Crippen molar-refractivity contribution in [2.75, 3.05) is 0 Å². The Bertz CT molecular complexity index is 542. The molecule has 2 fully saturated rings.